The molecule has 0 unspecified atom stereocenters. The van der Waals surface area contributed by atoms with Gasteiger partial charge in [-0.15, -0.1) is 0 Å². The standard InChI is InChI=1S/C16H15BrN4O2/c1-10-3-4-18-8-12(10)7-15-20-14(21-23-15)6-11-5-13(17)9-19-16(11)22-2/h3-5,8-9H,6-7H2,1-2H3. The van der Waals surface area contributed by atoms with Crippen LogP contribution in [0.2, 0.25) is 0 Å². The number of ether oxygens (including phenoxy) is 1. The molecular weight excluding hydrogens is 360 g/mol. The molecule has 0 aliphatic carbocycles. The van der Waals surface area contributed by atoms with Crippen LogP contribution < -0.4 is 4.74 Å². The summed E-state index contributed by atoms with van der Waals surface area (Å²) in [6, 6.07) is 3.90. The molecule has 3 heterocycles. The molecule has 3 aromatic rings. The van der Waals surface area contributed by atoms with Crippen molar-refractivity contribution in [3.63, 3.8) is 0 Å². The second-order valence-corrected chi connectivity index (χ2v) is 6.00. The fourth-order valence-electron chi connectivity index (χ4n) is 2.23. The zero-order valence-electron chi connectivity index (χ0n) is 12.8. The van der Waals surface area contributed by atoms with Gasteiger partial charge >= 0.3 is 0 Å². The molecule has 0 spiro atoms. The Morgan fingerprint density at radius 2 is 2.09 bits per heavy atom. The number of methoxy groups -OCH3 is 1. The van der Waals surface area contributed by atoms with Crippen LogP contribution in [0.25, 0.3) is 0 Å². The average Bonchev–Trinajstić information content (AvgIpc) is 2.97. The van der Waals surface area contributed by atoms with Crippen molar-refractivity contribution in [2.75, 3.05) is 7.11 Å². The van der Waals surface area contributed by atoms with Crippen LogP contribution in [0.4, 0.5) is 0 Å². The fraction of sp³-hybridized carbons (Fsp3) is 0.250. The Balaban J connectivity index is 1.78. The predicted molar refractivity (Wildman–Crippen MR) is 87.4 cm³/mol. The summed E-state index contributed by atoms with van der Waals surface area (Å²) in [7, 11) is 1.59. The summed E-state index contributed by atoms with van der Waals surface area (Å²) in [5, 5.41) is 4.04. The van der Waals surface area contributed by atoms with Crippen molar-refractivity contribution in [3.8, 4) is 5.88 Å². The van der Waals surface area contributed by atoms with E-state index in [1.54, 1.807) is 19.5 Å². The number of hydrogen-bond donors (Lipinski definition) is 0. The van der Waals surface area contributed by atoms with Crippen molar-refractivity contribution in [3.05, 3.63) is 63.6 Å². The highest BCUT2D eigenvalue weighted by atomic mass is 79.9. The molecule has 0 N–H and O–H groups in total. The van der Waals surface area contributed by atoms with Crippen LogP contribution in [0.1, 0.15) is 28.4 Å². The zero-order chi connectivity index (χ0) is 16.2. The first-order valence-corrected chi connectivity index (χ1v) is 7.84. The van der Waals surface area contributed by atoms with Crippen LogP contribution in [0.5, 0.6) is 5.88 Å². The van der Waals surface area contributed by atoms with E-state index in [2.05, 4.69) is 36.0 Å². The molecule has 0 aromatic carbocycles. The van der Waals surface area contributed by atoms with Gasteiger partial charge in [0.2, 0.25) is 11.8 Å². The van der Waals surface area contributed by atoms with E-state index in [-0.39, 0.29) is 0 Å². The maximum Gasteiger partial charge on any atom is 0.231 e. The molecule has 0 atom stereocenters. The first kappa shape index (κ1) is 15.6. The van der Waals surface area contributed by atoms with E-state index >= 15 is 0 Å². The van der Waals surface area contributed by atoms with Crippen LogP contribution >= 0.6 is 15.9 Å². The lowest BCUT2D eigenvalue weighted by molar-refractivity contribution is 0.378. The highest BCUT2D eigenvalue weighted by Crippen LogP contribution is 2.22. The lowest BCUT2D eigenvalue weighted by Crippen LogP contribution is -1.98. The second kappa shape index (κ2) is 6.87. The minimum Gasteiger partial charge on any atom is -0.481 e. The number of rotatable bonds is 5. The maximum absolute atomic E-state index is 5.34. The monoisotopic (exact) mass is 374 g/mol. The van der Waals surface area contributed by atoms with Gasteiger partial charge in [0.05, 0.1) is 13.5 Å². The van der Waals surface area contributed by atoms with E-state index in [1.165, 1.54) is 0 Å². The lowest BCUT2D eigenvalue weighted by atomic mass is 10.1. The highest BCUT2D eigenvalue weighted by molar-refractivity contribution is 9.10. The second-order valence-electron chi connectivity index (χ2n) is 5.08. The first-order chi connectivity index (χ1) is 11.2. The van der Waals surface area contributed by atoms with Gasteiger partial charge in [-0.25, -0.2) is 4.98 Å². The predicted octanol–water partition coefficient (Wildman–Crippen LogP) is 3.12. The third-order valence-electron chi connectivity index (χ3n) is 3.43. The summed E-state index contributed by atoms with van der Waals surface area (Å²) in [5.41, 5.74) is 3.12. The summed E-state index contributed by atoms with van der Waals surface area (Å²) < 4.78 is 11.5. The van der Waals surface area contributed by atoms with Crippen molar-refractivity contribution in [2.24, 2.45) is 0 Å². The molecule has 0 aliphatic heterocycles. The summed E-state index contributed by atoms with van der Waals surface area (Å²) >= 11 is 3.41. The van der Waals surface area contributed by atoms with Crippen molar-refractivity contribution >= 4 is 15.9 Å². The van der Waals surface area contributed by atoms with E-state index in [4.69, 9.17) is 9.26 Å². The van der Waals surface area contributed by atoms with Gasteiger partial charge < -0.3 is 9.26 Å². The van der Waals surface area contributed by atoms with Crippen molar-refractivity contribution in [1.29, 1.82) is 0 Å². The maximum atomic E-state index is 5.34. The molecule has 0 amide bonds. The summed E-state index contributed by atoms with van der Waals surface area (Å²) in [5.74, 6) is 1.72. The number of nitrogens with zero attached hydrogens (tertiary/aromatic N) is 4. The van der Waals surface area contributed by atoms with E-state index < -0.39 is 0 Å². The number of pyridine rings is 2. The number of aryl methyl sites for hydroxylation is 1. The molecule has 118 valence electrons. The molecule has 6 nitrogen and oxygen atoms in total. The van der Waals surface area contributed by atoms with E-state index in [0.717, 1.165) is 21.2 Å². The lowest BCUT2D eigenvalue weighted by Gasteiger charge is -2.05. The van der Waals surface area contributed by atoms with E-state index in [1.807, 2.05) is 25.3 Å². The topological polar surface area (TPSA) is 73.9 Å². The normalized spacial score (nSPS) is 10.7. The van der Waals surface area contributed by atoms with Gasteiger partial charge in [-0.2, -0.15) is 4.98 Å². The van der Waals surface area contributed by atoms with Crippen LogP contribution in [0, 0.1) is 6.92 Å². The molecule has 7 heteroatoms. The van der Waals surface area contributed by atoms with Crippen molar-refractivity contribution in [2.45, 2.75) is 19.8 Å². The van der Waals surface area contributed by atoms with Crippen LogP contribution in [-0.2, 0) is 12.8 Å². The molecule has 3 aromatic heterocycles. The molecule has 0 bridgehead atoms. The van der Waals surface area contributed by atoms with Gasteiger partial charge in [0, 0.05) is 35.0 Å². The summed E-state index contributed by atoms with van der Waals surface area (Å²) in [6.07, 6.45) is 6.34. The minimum absolute atomic E-state index is 0.491. The quantitative estimate of drug-likeness (QED) is 0.682. The van der Waals surface area contributed by atoms with Crippen molar-refractivity contribution < 1.29 is 9.26 Å². The Bertz CT molecular complexity index is 819. The number of hydrogen-bond acceptors (Lipinski definition) is 6. The molecule has 0 fully saturated rings. The van der Waals surface area contributed by atoms with Crippen LogP contribution in [0.15, 0.2) is 39.7 Å². The smallest absolute Gasteiger partial charge is 0.231 e. The van der Waals surface area contributed by atoms with Gasteiger partial charge in [0.1, 0.15) is 0 Å². The Morgan fingerprint density at radius 3 is 2.87 bits per heavy atom. The Hall–Kier alpha value is -2.28. The molecule has 0 radical (unpaired) electrons. The van der Waals surface area contributed by atoms with Gasteiger partial charge in [0.25, 0.3) is 0 Å². The first-order valence-electron chi connectivity index (χ1n) is 7.05. The van der Waals surface area contributed by atoms with Gasteiger partial charge in [0.15, 0.2) is 5.82 Å². The van der Waals surface area contributed by atoms with E-state index in [0.29, 0.717) is 30.4 Å². The molecule has 0 saturated carbocycles. The third-order valence-corrected chi connectivity index (χ3v) is 3.87. The Morgan fingerprint density at radius 1 is 1.22 bits per heavy atom. The van der Waals surface area contributed by atoms with Crippen molar-refractivity contribution in [1.82, 2.24) is 20.1 Å². The largest absolute Gasteiger partial charge is 0.481 e. The number of halogens is 1. The Kier molecular flexibility index (Phi) is 4.66. The number of aromatic nitrogens is 4. The summed E-state index contributed by atoms with van der Waals surface area (Å²) in [6.45, 7) is 2.03. The van der Waals surface area contributed by atoms with Crippen LogP contribution in [-0.4, -0.2) is 27.2 Å². The van der Waals surface area contributed by atoms with Gasteiger partial charge in [-0.3, -0.25) is 4.98 Å². The summed E-state index contributed by atoms with van der Waals surface area (Å²) in [4.78, 5) is 12.8. The van der Waals surface area contributed by atoms with Crippen LogP contribution in [0.3, 0.4) is 0 Å². The Labute approximate surface area is 142 Å². The molecular formula is C16H15BrN4O2. The third kappa shape index (κ3) is 3.73. The molecule has 0 saturated heterocycles. The molecule has 23 heavy (non-hydrogen) atoms. The van der Waals surface area contributed by atoms with Gasteiger partial charge in [-0.1, -0.05) is 5.16 Å². The minimum atomic E-state index is 0.491. The molecule has 0 aliphatic rings. The van der Waals surface area contributed by atoms with E-state index in [9.17, 15) is 0 Å². The van der Waals surface area contributed by atoms with Gasteiger partial charge in [-0.05, 0) is 46.1 Å². The average molecular weight is 375 g/mol. The highest BCUT2D eigenvalue weighted by Gasteiger charge is 2.13. The SMILES string of the molecule is COc1ncc(Br)cc1Cc1noc(Cc2cnccc2C)n1. The fourth-order valence-corrected chi connectivity index (χ4v) is 2.61. The zero-order valence-corrected chi connectivity index (χ0v) is 14.4. The molecule has 3 rings (SSSR count).